The molecule has 4 heteroatoms. The van der Waals surface area contributed by atoms with Crippen LogP contribution in [0.3, 0.4) is 0 Å². The van der Waals surface area contributed by atoms with Gasteiger partial charge in [-0.05, 0) is 50.6 Å². The minimum absolute atomic E-state index is 0.0305. The van der Waals surface area contributed by atoms with E-state index in [-0.39, 0.29) is 11.9 Å². The van der Waals surface area contributed by atoms with E-state index in [1.165, 1.54) is 44.9 Å². The molecular formula is C14H27N3O. The van der Waals surface area contributed by atoms with Crippen molar-refractivity contribution in [3.8, 4) is 0 Å². The molecule has 104 valence electrons. The lowest BCUT2D eigenvalue weighted by Gasteiger charge is -2.46. The van der Waals surface area contributed by atoms with Gasteiger partial charge >= 0.3 is 0 Å². The highest BCUT2D eigenvalue weighted by molar-refractivity contribution is 5.81. The van der Waals surface area contributed by atoms with Gasteiger partial charge in [0.15, 0.2) is 0 Å². The van der Waals surface area contributed by atoms with Gasteiger partial charge in [0.25, 0.3) is 5.91 Å². The molecule has 1 saturated heterocycles. The van der Waals surface area contributed by atoms with Crippen LogP contribution in [-0.4, -0.2) is 29.9 Å². The van der Waals surface area contributed by atoms with Crippen LogP contribution in [0.5, 0.6) is 0 Å². The zero-order valence-corrected chi connectivity index (χ0v) is 11.6. The zero-order valence-electron chi connectivity index (χ0n) is 11.6. The summed E-state index contributed by atoms with van der Waals surface area (Å²) in [6, 6.07) is -0.0315. The number of hydrogen-bond donors (Lipinski definition) is 2. The monoisotopic (exact) mass is 253 g/mol. The number of carbonyl (C=O) groups is 1. The highest BCUT2D eigenvalue weighted by Gasteiger charge is 2.37. The molecule has 0 aromatic heterocycles. The Balaban J connectivity index is 1.90. The van der Waals surface area contributed by atoms with Gasteiger partial charge in [-0.1, -0.05) is 26.2 Å². The van der Waals surface area contributed by atoms with Gasteiger partial charge < -0.3 is 0 Å². The van der Waals surface area contributed by atoms with Gasteiger partial charge in [-0.2, -0.15) is 0 Å². The first kappa shape index (κ1) is 13.8. The number of likely N-dealkylation sites (tertiary alicyclic amines) is 1. The predicted octanol–water partition coefficient (Wildman–Crippen LogP) is 1.80. The normalized spacial score (nSPS) is 25.9. The molecule has 0 aromatic carbocycles. The Morgan fingerprint density at radius 1 is 1.22 bits per heavy atom. The number of hydrazine groups is 1. The molecule has 0 bridgehead atoms. The van der Waals surface area contributed by atoms with E-state index < -0.39 is 0 Å². The van der Waals surface area contributed by atoms with Gasteiger partial charge in [-0.25, -0.2) is 5.84 Å². The molecule has 1 amide bonds. The third-order valence-electron chi connectivity index (χ3n) is 5.05. The van der Waals surface area contributed by atoms with Crippen molar-refractivity contribution in [1.29, 1.82) is 0 Å². The number of carbonyl (C=O) groups excluding carboxylic acids is 1. The van der Waals surface area contributed by atoms with E-state index in [1.807, 2.05) is 0 Å². The van der Waals surface area contributed by atoms with Gasteiger partial charge in [0, 0.05) is 0 Å². The van der Waals surface area contributed by atoms with Crippen LogP contribution in [-0.2, 0) is 4.79 Å². The lowest BCUT2D eigenvalue weighted by Crippen LogP contribution is -2.52. The van der Waals surface area contributed by atoms with E-state index in [9.17, 15) is 4.79 Å². The number of nitrogens with two attached hydrogens (primary N) is 1. The van der Waals surface area contributed by atoms with Crippen LogP contribution in [0.15, 0.2) is 0 Å². The minimum atomic E-state index is -0.0315. The summed E-state index contributed by atoms with van der Waals surface area (Å²) in [6.07, 6.45) is 10.4. The van der Waals surface area contributed by atoms with Crippen LogP contribution in [0.1, 0.15) is 58.3 Å². The summed E-state index contributed by atoms with van der Waals surface area (Å²) < 4.78 is 0. The average molecular weight is 253 g/mol. The fraction of sp³-hybridized carbons (Fsp3) is 0.929. The zero-order chi connectivity index (χ0) is 13.0. The molecule has 2 fully saturated rings. The summed E-state index contributed by atoms with van der Waals surface area (Å²) in [5.74, 6) is 5.23. The Bertz CT molecular complexity index is 277. The maximum Gasteiger partial charge on any atom is 0.251 e. The molecule has 1 aliphatic carbocycles. The van der Waals surface area contributed by atoms with Crippen LogP contribution >= 0.6 is 0 Å². The van der Waals surface area contributed by atoms with Gasteiger partial charge in [0.05, 0.1) is 6.04 Å². The van der Waals surface area contributed by atoms with Crippen molar-refractivity contribution in [3.05, 3.63) is 0 Å². The van der Waals surface area contributed by atoms with E-state index in [1.54, 1.807) is 0 Å². The SMILES string of the molecule is CCC(C(=O)NN)N1CCC2(CCCCC2)CC1. The second-order valence-corrected chi connectivity index (χ2v) is 6.03. The lowest BCUT2D eigenvalue weighted by atomic mass is 9.68. The topological polar surface area (TPSA) is 58.4 Å². The highest BCUT2D eigenvalue weighted by Crippen LogP contribution is 2.44. The quantitative estimate of drug-likeness (QED) is 0.458. The van der Waals surface area contributed by atoms with E-state index >= 15 is 0 Å². The standard InChI is InChI=1S/C14H27N3O/c1-2-12(13(18)16-15)17-10-8-14(9-11-17)6-4-3-5-7-14/h12H,2-11,15H2,1H3,(H,16,18). The Hall–Kier alpha value is -0.610. The van der Waals surface area contributed by atoms with Crippen LogP contribution < -0.4 is 11.3 Å². The molecule has 2 aliphatic rings. The maximum absolute atomic E-state index is 11.7. The summed E-state index contributed by atoms with van der Waals surface area (Å²) >= 11 is 0. The predicted molar refractivity (Wildman–Crippen MR) is 72.7 cm³/mol. The molecule has 4 nitrogen and oxygen atoms in total. The molecule has 0 aromatic rings. The molecular weight excluding hydrogens is 226 g/mol. The first-order valence-electron chi connectivity index (χ1n) is 7.45. The molecule has 1 spiro atoms. The Labute approximate surface area is 110 Å². The molecule has 1 unspecified atom stereocenters. The second-order valence-electron chi connectivity index (χ2n) is 6.03. The van der Waals surface area contributed by atoms with Crippen LogP contribution in [0, 0.1) is 5.41 Å². The number of nitrogens with zero attached hydrogens (tertiary/aromatic N) is 1. The van der Waals surface area contributed by atoms with E-state index in [4.69, 9.17) is 5.84 Å². The van der Waals surface area contributed by atoms with Gasteiger partial charge in [-0.3, -0.25) is 15.1 Å². The van der Waals surface area contributed by atoms with Crippen LogP contribution in [0.25, 0.3) is 0 Å². The molecule has 1 aliphatic heterocycles. The van der Waals surface area contributed by atoms with Crippen molar-refractivity contribution in [2.45, 2.75) is 64.3 Å². The number of rotatable bonds is 3. The van der Waals surface area contributed by atoms with Crippen molar-refractivity contribution in [2.75, 3.05) is 13.1 Å². The van der Waals surface area contributed by atoms with Crippen molar-refractivity contribution < 1.29 is 4.79 Å². The molecule has 1 heterocycles. The van der Waals surface area contributed by atoms with E-state index in [0.29, 0.717) is 5.41 Å². The first-order valence-corrected chi connectivity index (χ1v) is 7.45. The Morgan fingerprint density at radius 3 is 2.33 bits per heavy atom. The number of hydrogen-bond acceptors (Lipinski definition) is 3. The van der Waals surface area contributed by atoms with Crippen molar-refractivity contribution in [1.82, 2.24) is 10.3 Å². The smallest absolute Gasteiger partial charge is 0.251 e. The summed E-state index contributed by atoms with van der Waals surface area (Å²) in [5, 5.41) is 0. The lowest BCUT2D eigenvalue weighted by molar-refractivity contribution is -0.127. The fourth-order valence-corrected chi connectivity index (χ4v) is 3.82. The number of nitrogens with one attached hydrogen (secondary N) is 1. The van der Waals surface area contributed by atoms with Gasteiger partial charge in [-0.15, -0.1) is 0 Å². The summed E-state index contributed by atoms with van der Waals surface area (Å²) in [6.45, 7) is 4.18. The minimum Gasteiger partial charge on any atom is -0.293 e. The summed E-state index contributed by atoms with van der Waals surface area (Å²) in [7, 11) is 0. The Morgan fingerprint density at radius 2 is 1.83 bits per heavy atom. The third kappa shape index (κ3) is 2.86. The van der Waals surface area contributed by atoms with Crippen LogP contribution in [0.4, 0.5) is 0 Å². The summed E-state index contributed by atoms with van der Waals surface area (Å²) in [5.41, 5.74) is 2.91. The molecule has 3 N–H and O–H groups in total. The fourth-order valence-electron chi connectivity index (χ4n) is 3.82. The van der Waals surface area contributed by atoms with E-state index in [0.717, 1.165) is 19.5 Å². The second kappa shape index (κ2) is 6.02. The highest BCUT2D eigenvalue weighted by atomic mass is 16.2. The Kier molecular flexibility index (Phi) is 4.62. The molecule has 2 rings (SSSR count). The van der Waals surface area contributed by atoms with Crippen molar-refractivity contribution >= 4 is 5.91 Å². The molecule has 18 heavy (non-hydrogen) atoms. The maximum atomic E-state index is 11.7. The molecule has 0 radical (unpaired) electrons. The average Bonchev–Trinajstić information content (AvgIpc) is 2.42. The molecule has 1 atom stereocenters. The van der Waals surface area contributed by atoms with Gasteiger partial charge in [0.2, 0.25) is 0 Å². The third-order valence-corrected chi connectivity index (χ3v) is 5.05. The number of piperidine rings is 1. The van der Waals surface area contributed by atoms with Gasteiger partial charge in [0.1, 0.15) is 0 Å². The summed E-state index contributed by atoms with van der Waals surface area (Å²) in [4.78, 5) is 14.1. The first-order chi connectivity index (χ1) is 8.71. The van der Waals surface area contributed by atoms with Crippen molar-refractivity contribution in [2.24, 2.45) is 11.3 Å². The van der Waals surface area contributed by atoms with E-state index in [2.05, 4.69) is 17.2 Å². The van der Waals surface area contributed by atoms with Crippen LogP contribution in [0.2, 0.25) is 0 Å². The number of amides is 1. The molecule has 1 saturated carbocycles. The largest absolute Gasteiger partial charge is 0.293 e. The van der Waals surface area contributed by atoms with Crippen molar-refractivity contribution in [3.63, 3.8) is 0 Å².